The molecule has 18 heavy (non-hydrogen) atoms. The van der Waals surface area contributed by atoms with Gasteiger partial charge in [-0.25, -0.2) is 0 Å². The number of piperidine rings is 1. The van der Waals surface area contributed by atoms with Crippen LogP contribution < -0.4 is 10.6 Å². The Hall–Kier alpha value is -0.860. The average Bonchev–Trinajstić information content (AvgIpc) is 2.41. The van der Waals surface area contributed by atoms with Crippen LogP contribution in [0.5, 0.6) is 0 Å². The molecule has 1 saturated heterocycles. The lowest BCUT2D eigenvalue weighted by Crippen LogP contribution is -2.47. The Bertz CT molecular complexity index is 323. The molecular weight excluding hydrogens is 220 g/mol. The van der Waals surface area contributed by atoms with E-state index in [-0.39, 0.29) is 0 Å². The van der Waals surface area contributed by atoms with Gasteiger partial charge in [-0.2, -0.15) is 0 Å². The predicted octanol–water partition coefficient (Wildman–Crippen LogP) is 2.60. The molecule has 2 rings (SSSR count). The van der Waals surface area contributed by atoms with Crippen LogP contribution in [0.15, 0.2) is 30.3 Å². The van der Waals surface area contributed by atoms with E-state index in [1.807, 2.05) is 0 Å². The predicted molar refractivity (Wildman–Crippen MR) is 77.8 cm³/mol. The normalized spacial score (nSPS) is 24.1. The molecule has 2 atom stereocenters. The first-order chi connectivity index (χ1) is 8.88. The van der Waals surface area contributed by atoms with Gasteiger partial charge >= 0.3 is 0 Å². The fourth-order valence-electron chi connectivity index (χ4n) is 2.77. The van der Waals surface area contributed by atoms with Gasteiger partial charge in [0.25, 0.3) is 0 Å². The smallest absolute Gasteiger partial charge is 0.0195 e. The molecule has 0 spiro atoms. The third-order valence-electron chi connectivity index (χ3n) is 3.77. The first-order valence-corrected chi connectivity index (χ1v) is 7.36. The van der Waals surface area contributed by atoms with Crippen molar-refractivity contribution >= 4 is 0 Å². The summed E-state index contributed by atoms with van der Waals surface area (Å²) in [4.78, 5) is 0. The molecule has 0 bridgehead atoms. The highest BCUT2D eigenvalue weighted by molar-refractivity contribution is 5.15. The fraction of sp³-hybridized carbons (Fsp3) is 0.625. The average molecular weight is 246 g/mol. The van der Waals surface area contributed by atoms with Crippen LogP contribution in [0.25, 0.3) is 0 Å². The topological polar surface area (TPSA) is 24.1 Å². The molecule has 0 radical (unpaired) electrons. The summed E-state index contributed by atoms with van der Waals surface area (Å²) < 4.78 is 0. The molecule has 100 valence electrons. The number of unbranched alkanes of at least 4 members (excludes halogenated alkanes) is 1. The Balaban J connectivity index is 1.76. The van der Waals surface area contributed by atoms with E-state index in [2.05, 4.69) is 47.9 Å². The second-order valence-electron chi connectivity index (χ2n) is 5.45. The molecule has 1 aliphatic heterocycles. The minimum atomic E-state index is 0.666. The summed E-state index contributed by atoms with van der Waals surface area (Å²) >= 11 is 0. The lowest BCUT2D eigenvalue weighted by Gasteiger charge is -2.31. The summed E-state index contributed by atoms with van der Waals surface area (Å²) in [6, 6.07) is 11.5. The number of nitrogens with one attached hydrogen (secondary N) is 2. The Morgan fingerprint density at radius 3 is 2.83 bits per heavy atom. The molecule has 0 aromatic heterocycles. The molecule has 0 saturated carbocycles. The van der Waals surface area contributed by atoms with Crippen molar-refractivity contribution in [1.29, 1.82) is 0 Å². The molecule has 2 unspecified atom stereocenters. The zero-order chi connectivity index (χ0) is 12.6. The van der Waals surface area contributed by atoms with Crippen molar-refractivity contribution in [3.05, 3.63) is 35.9 Å². The molecule has 1 heterocycles. The Morgan fingerprint density at radius 1 is 1.22 bits per heavy atom. The zero-order valence-electron chi connectivity index (χ0n) is 11.5. The van der Waals surface area contributed by atoms with Crippen molar-refractivity contribution in [1.82, 2.24) is 10.6 Å². The largest absolute Gasteiger partial charge is 0.315 e. The van der Waals surface area contributed by atoms with Crippen LogP contribution in [0.3, 0.4) is 0 Å². The molecule has 1 aromatic carbocycles. The third-order valence-corrected chi connectivity index (χ3v) is 3.77. The van der Waals surface area contributed by atoms with Gasteiger partial charge in [0.05, 0.1) is 0 Å². The van der Waals surface area contributed by atoms with E-state index in [1.54, 1.807) is 0 Å². The third kappa shape index (κ3) is 4.43. The van der Waals surface area contributed by atoms with Gasteiger partial charge in [-0.15, -0.1) is 0 Å². The number of rotatable bonds is 6. The molecule has 0 aliphatic carbocycles. The van der Waals surface area contributed by atoms with Crippen molar-refractivity contribution in [3.63, 3.8) is 0 Å². The van der Waals surface area contributed by atoms with Crippen molar-refractivity contribution in [3.8, 4) is 0 Å². The van der Waals surface area contributed by atoms with Crippen molar-refractivity contribution < 1.29 is 0 Å². The van der Waals surface area contributed by atoms with E-state index in [4.69, 9.17) is 0 Å². The SMILES string of the molecule is CCCCNC1CNCC(Cc2ccccc2)C1. The van der Waals surface area contributed by atoms with Crippen LogP contribution in [0, 0.1) is 5.92 Å². The molecule has 1 aromatic rings. The molecule has 2 nitrogen and oxygen atoms in total. The van der Waals surface area contributed by atoms with E-state index in [0.717, 1.165) is 12.5 Å². The minimum Gasteiger partial charge on any atom is -0.315 e. The number of hydrogen-bond acceptors (Lipinski definition) is 2. The fourth-order valence-corrected chi connectivity index (χ4v) is 2.77. The Labute approximate surface area is 111 Å². The second-order valence-corrected chi connectivity index (χ2v) is 5.45. The minimum absolute atomic E-state index is 0.666. The van der Waals surface area contributed by atoms with Gasteiger partial charge < -0.3 is 10.6 Å². The van der Waals surface area contributed by atoms with Gasteiger partial charge in [0, 0.05) is 12.6 Å². The summed E-state index contributed by atoms with van der Waals surface area (Å²) in [6.45, 7) is 5.72. The van der Waals surface area contributed by atoms with Crippen LogP contribution >= 0.6 is 0 Å². The van der Waals surface area contributed by atoms with Crippen LogP contribution in [-0.4, -0.2) is 25.7 Å². The van der Waals surface area contributed by atoms with Crippen molar-refractivity contribution in [2.75, 3.05) is 19.6 Å². The van der Waals surface area contributed by atoms with Gasteiger partial charge in [-0.05, 0) is 43.8 Å². The van der Waals surface area contributed by atoms with Gasteiger partial charge in [-0.1, -0.05) is 43.7 Å². The number of hydrogen-bond donors (Lipinski definition) is 2. The lowest BCUT2D eigenvalue weighted by molar-refractivity contribution is 0.301. The maximum atomic E-state index is 3.68. The Kier molecular flexibility index (Phi) is 5.69. The summed E-state index contributed by atoms with van der Waals surface area (Å²) in [5.41, 5.74) is 1.47. The quantitative estimate of drug-likeness (QED) is 0.754. The summed E-state index contributed by atoms with van der Waals surface area (Å²) in [7, 11) is 0. The van der Waals surface area contributed by atoms with Gasteiger partial charge in [0.1, 0.15) is 0 Å². The van der Waals surface area contributed by atoms with Crippen molar-refractivity contribution in [2.24, 2.45) is 5.92 Å². The first kappa shape index (κ1) is 13.6. The standard InChI is InChI=1S/C16H26N2/c1-2-3-9-18-16-11-15(12-17-13-16)10-14-7-5-4-6-8-14/h4-8,15-18H,2-3,9-13H2,1H3. The van der Waals surface area contributed by atoms with E-state index in [0.29, 0.717) is 6.04 Å². The maximum absolute atomic E-state index is 3.68. The molecule has 2 heteroatoms. The zero-order valence-corrected chi connectivity index (χ0v) is 11.5. The molecule has 2 N–H and O–H groups in total. The maximum Gasteiger partial charge on any atom is 0.0195 e. The van der Waals surface area contributed by atoms with E-state index >= 15 is 0 Å². The van der Waals surface area contributed by atoms with Crippen LogP contribution in [0.1, 0.15) is 31.7 Å². The van der Waals surface area contributed by atoms with Crippen LogP contribution in [0.2, 0.25) is 0 Å². The highest BCUT2D eigenvalue weighted by Crippen LogP contribution is 2.16. The van der Waals surface area contributed by atoms with Crippen LogP contribution in [-0.2, 0) is 6.42 Å². The van der Waals surface area contributed by atoms with E-state index in [9.17, 15) is 0 Å². The summed E-state index contributed by atoms with van der Waals surface area (Å²) in [6.07, 6.45) is 5.09. The van der Waals surface area contributed by atoms with E-state index in [1.165, 1.54) is 44.3 Å². The van der Waals surface area contributed by atoms with Gasteiger partial charge in [-0.3, -0.25) is 0 Å². The second kappa shape index (κ2) is 7.55. The molecule has 0 amide bonds. The number of benzene rings is 1. The summed E-state index contributed by atoms with van der Waals surface area (Å²) in [5.74, 6) is 0.778. The van der Waals surface area contributed by atoms with Gasteiger partial charge in [0.2, 0.25) is 0 Å². The Morgan fingerprint density at radius 2 is 2.06 bits per heavy atom. The molecule has 1 fully saturated rings. The lowest BCUT2D eigenvalue weighted by atomic mass is 9.90. The highest BCUT2D eigenvalue weighted by atomic mass is 15.0. The monoisotopic (exact) mass is 246 g/mol. The van der Waals surface area contributed by atoms with Crippen LogP contribution in [0.4, 0.5) is 0 Å². The summed E-state index contributed by atoms with van der Waals surface area (Å²) in [5, 5.41) is 7.25. The van der Waals surface area contributed by atoms with Gasteiger partial charge in [0.15, 0.2) is 0 Å². The molecule has 1 aliphatic rings. The van der Waals surface area contributed by atoms with E-state index < -0.39 is 0 Å². The highest BCUT2D eigenvalue weighted by Gasteiger charge is 2.21. The molecular formula is C16H26N2. The van der Waals surface area contributed by atoms with Crippen molar-refractivity contribution in [2.45, 2.75) is 38.6 Å². The first-order valence-electron chi connectivity index (χ1n) is 7.36.